The van der Waals surface area contributed by atoms with Crippen LogP contribution in [0.2, 0.25) is 5.02 Å². The second kappa shape index (κ2) is 5.84. The Morgan fingerprint density at radius 3 is 2.67 bits per heavy atom. The number of aliphatic hydroxyl groups excluding tert-OH is 1. The minimum absolute atomic E-state index is 0.160. The van der Waals surface area contributed by atoms with Gasteiger partial charge in [0.05, 0.1) is 5.02 Å². The smallest absolute Gasteiger partial charge is 0.164 e. The highest BCUT2D eigenvalue weighted by Crippen LogP contribution is 2.23. The Kier molecular flexibility index (Phi) is 3.90. The predicted octanol–water partition coefficient (Wildman–Crippen LogP) is 3.17. The van der Waals surface area contributed by atoms with E-state index in [1.165, 1.54) is 0 Å². The Labute approximate surface area is 128 Å². The fourth-order valence-corrected chi connectivity index (χ4v) is 2.59. The maximum absolute atomic E-state index is 8.98. The van der Waals surface area contributed by atoms with E-state index >= 15 is 0 Å². The standard InChI is InChI=1S/C16H16ClN3O/c1-2-15-19-14-9-12(17)10-18-16(14)20(15)13-5-3-11(4-6-13)7-8-21/h3-6,9-10,21H,2,7-8H2,1H3. The van der Waals surface area contributed by atoms with Gasteiger partial charge in [-0.15, -0.1) is 0 Å². The summed E-state index contributed by atoms with van der Waals surface area (Å²) in [6, 6.07) is 9.93. The zero-order valence-electron chi connectivity index (χ0n) is 11.8. The molecule has 3 aromatic rings. The average molecular weight is 302 g/mol. The summed E-state index contributed by atoms with van der Waals surface area (Å²) in [5, 5.41) is 9.58. The van der Waals surface area contributed by atoms with Crippen LogP contribution in [0.3, 0.4) is 0 Å². The van der Waals surface area contributed by atoms with Crippen molar-refractivity contribution < 1.29 is 5.11 Å². The van der Waals surface area contributed by atoms with E-state index in [4.69, 9.17) is 16.7 Å². The molecule has 0 saturated heterocycles. The van der Waals surface area contributed by atoms with Crippen LogP contribution in [0.5, 0.6) is 0 Å². The van der Waals surface area contributed by atoms with Crippen molar-refractivity contribution in [3.63, 3.8) is 0 Å². The first kappa shape index (κ1) is 14.0. The molecule has 0 fully saturated rings. The van der Waals surface area contributed by atoms with Gasteiger partial charge in [-0.1, -0.05) is 30.7 Å². The van der Waals surface area contributed by atoms with Gasteiger partial charge < -0.3 is 5.11 Å². The van der Waals surface area contributed by atoms with Crippen molar-refractivity contribution in [2.45, 2.75) is 19.8 Å². The molecule has 1 N–H and O–H groups in total. The predicted molar refractivity (Wildman–Crippen MR) is 84.0 cm³/mol. The Bertz CT molecular complexity index is 765. The number of aliphatic hydroxyl groups is 1. The molecular formula is C16H16ClN3O. The van der Waals surface area contributed by atoms with E-state index in [0.717, 1.165) is 34.7 Å². The van der Waals surface area contributed by atoms with Crippen LogP contribution >= 0.6 is 11.6 Å². The minimum Gasteiger partial charge on any atom is -0.396 e. The molecule has 108 valence electrons. The minimum atomic E-state index is 0.160. The number of hydrogen-bond acceptors (Lipinski definition) is 3. The first-order chi connectivity index (χ1) is 10.2. The molecule has 0 aliphatic heterocycles. The molecule has 0 aliphatic carbocycles. The van der Waals surface area contributed by atoms with Gasteiger partial charge in [0.15, 0.2) is 5.65 Å². The molecule has 1 aromatic carbocycles. The van der Waals surface area contributed by atoms with Crippen LogP contribution in [0.1, 0.15) is 18.3 Å². The number of hydrogen-bond donors (Lipinski definition) is 1. The lowest BCUT2D eigenvalue weighted by molar-refractivity contribution is 0.299. The zero-order valence-corrected chi connectivity index (χ0v) is 12.5. The highest BCUT2D eigenvalue weighted by molar-refractivity contribution is 6.31. The molecule has 0 spiro atoms. The number of aryl methyl sites for hydroxylation is 1. The van der Waals surface area contributed by atoms with Crippen LogP contribution in [-0.2, 0) is 12.8 Å². The third-order valence-electron chi connectivity index (χ3n) is 3.44. The third-order valence-corrected chi connectivity index (χ3v) is 3.65. The molecule has 0 unspecified atom stereocenters. The Balaban J connectivity index is 2.13. The Morgan fingerprint density at radius 2 is 2.00 bits per heavy atom. The molecule has 2 heterocycles. The molecule has 0 atom stereocenters. The van der Waals surface area contributed by atoms with Crippen molar-refractivity contribution in [2.75, 3.05) is 6.61 Å². The van der Waals surface area contributed by atoms with Gasteiger partial charge in [0.25, 0.3) is 0 Å². The van der Waals surface area contributed by atoms with E-state index in [-0.39, 0.29) is 6.61 Å². The Hall–Kier alpha value is -1.91. The number of rotatable bonds is 4. The van der Waals surface area contributed by atoms with Crippen LogP contribution in [0.4, 0.5) is 0 Å². The van der Waals surface area contributed by atoms with E-state index in [2.05, 4.69) is 16.9 Å². The van der Waals surface area contributed by atoms with Gasteiger partial charge in [0.1, 0.15) is 11.3 Å². The molecule has 0 radical (unpaired) electrons. The van der Waals surface area contributed by atoms with E-state index in [0.29, 0.717) is 11.4 Å². The van der Waals surface area contributed by atoms with Crippen LogP contribution in [-0.4, -0.2) is 26.2 Å². The highest BCUT2D eigenvalue weighted by atomic mass is 35.5. The van der Waals surface area contributed by atoms with Gasteiger partial charge >= 0.3 is 0 Å². The first-order valence-electron chi connectivity index (χ1n) is 6.96. The van der Waals surface area contributed by atoms with Crippen LogP contribution in [0, 0.1) is 0 Å². The molecule has 0 amide bonds. The van der Waals surface area contributed by atoms with Gasteiger partial charge in [-0.3, -0.25) is 4.57 Å². The lowest BCUT2D eigenvalue weighted by Crippen LogP contribution is -2.01. The molecule has 21 heavy (non-hydrogen) atoms. The molecule has 4 nitrogen and oxygen atoms in total. The topological polar surface area (TPSA) is 50.9 Å². The summed E-state index contributed by atoms with van der Waals surface area (Å²) in [4.78, 5) is 9.02. The summed E-state index contributed by atoms with van der Waals surface area (Å²) in [5.41, 5.74) is 3.75. The Morgan fingerprint density at radius 1 is 1.24 bits per heavy atom. The van der Waals surface area contributed by atoms with E-state index < -0.39 is 0 Å². The second-order valence-corrected chi connectivity index (χ2v) is 5.29. The zero-order chi connectivity index (χ0) is 14.8. The normalized spacial score (nSPS) is 11.2. The lowest BCUT2D eigenvalue weighted by Gasteiger charge is -2.08. The summed E-state index contributed by atoms with van der Waals surface area (Å²) < 4.78 is 2.05. The third kappa shape index (κ3) is 2.64. The van der Waals surface area contributed by atoms with Crippen molar-refractivity contribution in [1.29, 1.82) is 0 Å². The number of halogens is 1. The molecule has 2 aromatic heterocycles. The van der Waals surface area contributed by atoms with Crippen LogP contribution < -0.4 is 0 Å². The fourth-order valence-electron chi connectivity index (χ4n) is 2.44. The van der Waals surface area contributed by atoms with E-state index in [1.54, 1.807) is 6.20 Å². The number of aromatic nitrogens is 3. The first-order valence-corrected chi connectivity index (χ1v) is 7.33. The van der Waals surface area contributed by atoms with Gasteiger partial charge in [-0.05, 0) is 30.2 Å². The monoisotopic (exact) mass is 301 g/mol. The summed E-state index contributed by atoms with van der Waals surface area (Å²) in [5.74, 6) is 0.953. The SMILES string of the molecule is CCc1nc2cc(Cl)cnc2n1-c1ccc(CCO)cc1. The van der Waals surface area contributed by atoms with Crippen molar-refractivity contribution in [1.82, 2.24) is 14.5 Å². The highest BCUT2D eigenvalue weighted by Gasteiger charge is 2.12. The maximum Gasteiger partial charge on any atom is 0.164 e. The van der Waals surface area contributed by atoms with Gasteiger partial charge in [0, 0.05) is 24.9 Å². The van der Waals surface area contributed by atoms with Gasteiger partial charge in [-0.25, -0.2) is 9.97 Å². The van der Waals surface area contributed by atoms with E-state index in [9.17, 15) is 0 Å². The second-order valence-electron chi connectivity index (χ2n) is 4.85. The summed E-state index contributed by atoms with van der Waals surface area (Å²) in [7, 11) is 0. The molecular weight excluding hydrogens is 286 g/mol. The van der Waals surface area contributed by atoms with Crippen molar-refractivity contribution in [2.24, 2.45) is 0 Å². The number of fused-ring (bicyclic) bond motifs is 1. The summed E-state index contributed by atoms with van der Waals surface area (Å²) >= 11 is 5.99. The van der Waals surface area contributed by atoms with Gasteiger partial charge in [0.2, 0.25) is 0 Å². The quantitative estimate of drug-likeness (QED) is 0.805. The number of benzene rings is 1. The number of nitrogens with zero attached hydrogens (tertiary/aromatic N) is 3. The summed E-state index contributed by atoms with van der Waals surface area (Å²) in [6.07, 6.45) is 3.12. The molecule has 0 aliphatic rings. The molecule has 0 saturated carbocycles. The van der Waals surface area contributed by atoms with Gasteiger partial charge in [-0.2, -0.15) is 0 Å². The number of pyridine rings is 1. The van der Waals surface area contributed by atoms with E-state index in [1.807, 2.05) is 34.9 Å². The van der Waals surface area contributed by atoms with Crippen molar-refractivity contribution in [3.8, 4) is 5.69 Å². The van der Waals surface area contributed by atoms with Crippen LogP contribution in [0.15, 0.2) is 36.5 Å². The van der Waals surface area contributed by atoms with Crippen LogP contribution in [0.25, 0.3) is 16.9 Å². The van der Waals surface area contributed by atoms with Crippen molar-refractivity contribution >= 4 is 22.8 Å². The maximum atomic E-state index is 8.98. The average Bonchev–Trinajstić information content (AvgIpc) is 2.86. The largest absolute Gasteiger partial charge is 0.396 e. The lowest BCUT2D eigenvalue weighted by atomic mass is 10.1. The number of imidazole rings is 1. The van der Waals surface area contributed by atoms with Crippen molar-refractivity contribution in [3.05, 3.63) is 52.9 Å². The molecule has 3 rings (SSSR count). The fraction of sp³-hybridized carbons (Fsp3) is 0.250. The molecule has 0 bridgehead atoms. The summed E-state index contributed by atoms with van der Waals surface area (Å²) in [6.45, 7) is 2.23. The molecule has 5 heteroatoms.